The van der Waals surface area contributed by atoms with E-state index >= 15 is 0 Å². The average Bonchev–Trinajstić information content (AvgIpc) is 3.46. The summed E-state index contributed by atoms with van der Waals surface area (Å²) in [6.07, 6.45) is 89.7. The van der Waals surface area contributed by atoms with Crippen molar-refractivity contribution in [2.45, 2.75) is 367 Å². The Morgan fingerprint density at radius 1 is 0.275 bits per heavy atom. The van der Waals surface area contributed by atoms with Crippen molar-refractivity contribution in [1.29, 1.82) is 0 Å². The molecule has 0 fully saturated rings. The summed E-state index contributed by atoms with van der Waals surface area (Å²) in [5, 5.41) is 0. The fourth-order valence-corrected chi connectivity index (χ4v) is 10.3. The average molecular weight is 1120 g/mol. The summed E-state index contributed by atoms with van der Waals surface area (Å²) in [6, 6.07) is 0. The highest BCUT2D eigenvalue weighted by Gasteiger charge is 2.19. The largest absolute Gasteiger partial charge is 0.462 e. The van der Waals surface area contributed by atoms with Crippen molar-refractivity contribution >= 4 is 17.9 Å². The van der Waals surface area contributed by atoms with Crippen LogP contribution in [0.1, 0.15) is 361 Å². The second-order valence-corrected chi connectivity index (χ2v) is 23.4. The fourth-order valence-electron chi connectivity index (χ4n) is 10.3. The van der Waals surface area contributed by atoms with E-state index in [0.29, 0.717) is 12.8 Å². The van der Waals surface area contributed by atoms with Crippen LogP contribution >= 0.6 is 0 Å². The highest BCUT2D eigenvalue weighted by molar-refractivity contribution is 5.72. The van der Waals surface area contributed by atoms with E-state index in [2.05, 4.69) is 81.5 Å². The monoisotopic (exact) mass is 1120 g/mol. The van der Waals surface area contributed by atoms with Gasteiger partial charge in [0.15, 0.2) is 6.10 Å². The Hall–Kier alpha value is -3.15. The van der Waals surface area contributed by atoms with Crippen molar-refractivity contribution in [3.05, 3.63) is 72.9 Å². The first-order chi connectivity index (χ1) is 39.5. The Morgan fingerprint density at radius 3 is 0.863 bits per heavy atom. The van der Waals surface area contributed by atoms with Crippen LogP contribution in [0.15, 0.2) is 72.9 Å². The van der Waals surface area contributed by atoms with Crippen LogP contribution in [0.4, 0.5) is 0 Å². The van der Waals surface area contributed by atoms with Crippen LogP contribution in [0.5, 0.6) is 0 Å². The van der Waals surface area contributed by atoms with Gasteiger partial charge in [0.2, 0.25) is 0 Å². The molecule has 0 aromatic heterocycles. The molecule has 0 aliphatic heterocycles. The molecule has 0 saturated carbocycles. The topological polar surface area (TPSA) is 78.9 Å². The summed E-state index contributed by atoms with van der Waals surface area (Å²) < 4.78 is 16.8. The first-order valence-corrected chi connectivity index (χ1v) is 34.9. The highest BCUT2D eigenvalue weighted by atomic mass is 16.6. The molecule has 0 saturated heterocycles. The predicted molar refractivity (Wildman–Crippen MR) is 348 cm³/mol. The van der Waals surface area contributed by atoms with Crippen LogP contribution < -0.4 is 0 Å². The van der Waals surface area contributed by atoms with Gasteiger partial charge in [-0.2, -0.15) is 0 Å². The summed E-state index contributed by atoms with van der Waals surface area (Å²) in [5.74, 6) is -1.02. The van der Waals surface area contributed by atoms with Crippen LogP contribution in [-0.4, -0.2) is 37.2 Å². The third-order valence-electron chi connectivity index (χ3n) is 15.5. The van der Waals surface area contributed by atoms with Crippen LogP contribution in [0.2, 0.25) is 0 Å². The maximum atomic E-state index is 12.9. The quantitative estimate of drug-likeness (QED) is 0.0261. The second-order valence-electron chi connectivity index (χ2n) is 23.4. The molecule has 0 N–H and O–H groups in total. The van der Waals surface area contributed by atoms with Gasteiger partial charge in [0, 0.05) is 12.8 Å². The van der Waals surface area contributed by atoms with Gasteiger partial charge in [0.05, 0.1) is 6.42 Å². The molecule has 0 aromatic carbocycles. The zero-order chi connectivity index (χ0) is 57.8. The zero-order valence-electron chi connectivity index (χ0n) is 53.3. The van der Waals surface area contributed by atoms with Crippen molar-refractivity contribution in [3.63, 3.8) is 0 Å². The number of carbonyl (C=O) groups excluding carboxylic acids is 3. The van der Waals surface area contributed by atoms with Gasteiger partial charge < -0.3 is 14.2 Å². The van der Waals surface area contributed by atoms with Gasteiger partial charge in [0.1, 0.15) is 13.2 Å². The maximum absolute atomic E-state index is 12.9. The van der Waals surface area contributed by atoms with E-state index in [1.807, 2.05) is 6.08 Å². The number of esters is 3. The van der Waals surface area contributed by atoms with E-state index in [0.717, 1.165) is 70.6 Å². The van der Waals surface area contributed by atoms with Gasteiger partial charge in [-0.1, -0.05) is 344 Å². The van der Waals surface area contributed by atoms with E-state index in [1.165, 1.54) is 250 Å². The fraction of sp³-hybridized carbons (Fsp3) is 0.797. The van der Waals surface area contributed by atoms with Crippen molar-refractivity contribution in [2.75, 3.05) is 13.2 Å². The van der Waals surface area contributed by atoms with Gasteiger partial charge >= 0.3 is 17.9 Å². The normalized spacial score (nSPS) is 12.5. The lowest BCUT2D eigenvalue weighted by atomic mass is 10.0. The first kappa shape index (κ1) is 76.9. The summed E-state index contributed by atoms with van der Waals surface area (Å²) in [5.41, 5.74) is 0. The molecule has 6 heteroatoms. The van der Waals surface area contributed by atoms with Gasteiger partial charge in [-0.25, -0.2) is 0 Å². The molecule has 0 rings (SSSR count). The smallest absolute Gasteiger partial charge is 0.309 e. The van der Waals surface area contributed by atoms with Crippen molar-refractivity contribution in [3.8, 4) is 0 Å². The summed E-state index contributed by atoms with van der Waals surface area (Å²) in [7, 11) is 0. The van der Waals surface area contributed by atoms with Crippen molar-refractivity contribution in [2.24, 2.45) is 0 Å². The Labute approximate surface area is 497 Å². The maximum Gasteiger partial charge on any atom is 0.309 e. The number of carbonyl (C=O) groups is 3. The molecule has 0 bridgehead atoms. The number of ether oxygens (including phenoxy) is 3. The number of rotatable bonds is 64. The van der Waals surface area contributed by atoms with Crippen LogP contribution in [0.3, 0.4) is 0 Å². The molecular formula is C74H132O6. The third kappa shape index (κ3) is 65.7. The first-order valence-electron chi connectivity index (χ1n) is 34.9. The number of allylic oxidation sites excluding steroid dienone is 11. The Bertz CT molecular complexity index is 1470. The summed E-state index contributed by atoms with van der Waals surface area (Å²) in [6.45, 7) is 6.48. The molecule has 0 aromatic rings. The highest BCUT2D eigenvalue weighted by Crippen LogP contribution is 2.18. The minimum absolute atomic E-state index is 0.104. The lowest BCUT2D eigenvalue weighted by Crippen LogP contribution is -2.30. The summed E-state index contributed by atoms with van der Waals surface area (Å²) >= 11 is 0. The molecule has 0 radical (unpaired) electrons. The minimum atomic E-state index is -0.818. The Balaban J connectivity index is 4.25. The molecule has 0 aliphatic carbocycles. The number of hydrogen-bond acceptors (Lipinski definition) is 6. The molecule has 0 amide bonds. The van der Waals surface area contributed by atoms with Crippen molar-refractivity contribution in [1.82, 2.24) is 0 Å². The molecule has 0 aliphatic rings. The number of unbranched alkanes of at least 4 members (excludes halogenated alkanes) is 42. The molecule has 0 heterocycles. The molecule has 1 unspecified atom stereocenters. The van der Waals surface area contributed by atoms with E-state index in [1.54, 1.807) is 6.08 Å². The van der Waals surface area contributed by atoms with Gasteiger partial charge in [0.25, 0.3) is 0 Å². The Morgan fingerprint density at radius 2 is 0.537 bits per heavy atom. The zero-order valence-corrected chi connectivity index (χ0v) is 53.3. The lowest BCUT2D eigenvalue weighted by molar-refractivity contribution is -0.166. The van der Waals surface area contributed by atoms with Gasteiger partial charge in [-0.3, -0.25) is 14.4 Å². The minimum Gasteiger partial charge on any atom is -0.462 e. The summed E-state index contributed by atoms with van der Waals surface area (Å²) in [4.78, 5) is 38.3. The molecular weight excluding hydrogens is 985 g/mol. The van der Waals surface area contributed by atoms with Crippen LogP contribution in [0, 0.1) is 0 Å². The standard InChI is InChI=1S/C74H132O6/c1-4-7-10-13-16-19-22-25-28-30-31-32-33-34-35-36-37-38-39-40-41-42-44-46-49-52-55-58-61-64-67-73(76)79-70-71(69-78-72(75)66-63-60-57-54-51-48-45-27-24-21-18-15-12-9-6-3)80-74(77)68-65-62-59-56-53-50-47-43-29-26-23-20-17-14-11-8-5-2/h9,12,18,21,26-27,29,45,51,54,60,63,71H,4-8,10-11,13-17,19-20,22-25,28,30-44,46-50,52-53,55-59,61-62,64-70H2,1-3H3/b12-9-,21-18-,29-26-,45-27-,54-51-,63-60-. The molecule has 80 heavy (non-hydrogen) atoms. The van der Waals surface area contributed by atoms with Gasteiger partial charge in [-0.15, -0.1) is 0 Å². The molecule has 1 atom stereocenters. The van der Waals surface area contributed by atoms with E-state index in [-0.39, 0.29) is 31.6 Å². The third-order valence-corrected chi connectivity index (χ3v) is 15.5. The predicted octanol–water partition coefficient (Wildman–Crippen LogP) is 24.1. The number of hydrogen-bond donors (Lipinski definition) is 0. The molecule has 0 spiro atoms. The van der Waals surface area contributed by atoms with Crippen LogP contribution in [0.25, 0.3) is 0 Å². The molecule has 6 nitrogen and oxygen atoms in total. The van der Waals surface area contributed by atoms with Crippen molar-refractivity contribution < 1.29 is 28.6 Å². The SMILES string of the molecule is CC/C=C\C/C=C\C/C=C\C/C=C\C/C=C\CC(=O)OCC(COC(=O)CCCCCCCCCCCCCCCCCCCCCCCCCCCCCCCC)OC(=O)CCCCCCCCC/C=C\CCCCCCCC. The van der Waals surface area contributed by atoms with E-state index < -0.39 is 12.1 Å². The van der Waals surface area contributed by atoms with Crippen LogP contribution in [-0.2, 0) is 28.6 Å². The molecule has 464 valence electrons. The van der Waals surface area contributed by atoms with E-state index in [9.17, 15) is 14.4 Å². The van der Waals surface area contributed by atoms with Gasteiger partial charge in [-0.05, 0) is 70.6 Å². The second kappa shape index (κ2) is 68.3. The lowest BCUT2D eigenvalue weighted by Gasteiger charge is -2.18. The Kier molecular flexibility index (Phi) is 65.7. The van der Waals surface area contributed by atoms with E-state index in [4.69, 9.17) is 14.2 Å².